The third kappa shape index (κ3) is 14.9. The molecule has 4 heterocycles. The van der Waals surface area contributed by atoms with Crippen molar-refractivity contribution in [3.63, 3.8) is 0 Å². The summed E-state index contributed by atoms with van der Waals surface area (Å²) in [4.78, 5) is 61.1. The normalized spacial score (nSPS) is 11.3. The molecule has 17 aromatic carbocycles. The molecule has 0 bridgehead atoms. The zero-order chi connectivity index (χ0) is 81.1. The molecule has 0 aliphatic heterocycles. The van der Waals surface area contributed by atoms with Gasteiger partial charge < -0.3 is 0 Å². The lowest BCUT2D eigenvalue weighted by Crippen LogP contribution is -2.00. The molecule has 12 nitrogen and oxygen atoms in total. The summed E-state index contributed by atoms with van der Waals surface area (Å²) in [6.45, 7) is 0. The lowest BCUT2D eigenvalue weighted by Gasteiger charge is -2.20. The number of hydrogen-bond acceptors (Lipinski definition) is 12. The van der Waals surface area contributed by atoms with Crippen molar-refractivity contribution in [1.82, 2.24) is 59.8 Å². The molecule has 21 rings (SSSR count). The summed E-state index contributed by atoms with van der Waals surface area (Å²) in [6, 6.07) is 147. The van der Waals surface area contributed by atoms with E-state index in [4.69, 9.17) is 59.8 Å². The Kier molecular flexibility index (Phi) is 19.4. The highest BCUT2D eigenvalue weighted by atomic mass is 15.1. The second kappa shape index (κ2) is 32.4. The van der Waals surface area contributed by atoms with Gasteiger partial charge in [0.05, 0.1) is 0 Å². The largest absolute Gasteiger partial charge is 0.208 e. The van der Waals surface area contributed by atoms with Gasteiger partial charge in [0.25, 0.3) is 0 Å². The van der Waals surface area contributed by atoms with Crippen LogP contribution in [0.4, 0.5) is 0 Å². The minimum Gasteiger partial charge on any atom is -0.208 e. The second-order valence-corrected chi connectivity index (χ2v) is 29.9. The lowest BCUT2D eigenvalue weighted by molar-refractivity contribution is 1.07. The van der Waals surface area contributed by atoms with E-state index < -0.39 is 0 Å². The Bertz CT molecular complexity index is 6290. The number of benzene rings is 17. The van der Waals surface area contributed by atoms with Crippen molar-refractivity contribution in [3.05, 3.63) is 425 Å². The second-order valence-electron chi connectivity index (χ2n) is 29.9. The molecule has 122 heavy (non-hydrogen) atoms. The van der Waals surface area contributed by atoms with Gasteiger partial charge in [-0.2, -0.15) is 0 Å². The molecular weight excluding hydrogens is 1490 g/mol. The van der Waals surface area contributed by atoms with Crippen LogP contribution < -0.4 is 0 Å². The third-order valence-corrected chi connectivity index (χ3v) is 22.1. The summed E-state index contributed by atoms with van der Waals surface area (Å²) in [5.41, 5.74) is 23.1. The predicted octanol–water partition coefficient (Wildman–Crippen LogP) is 26.7. The Hall–Kier alpha value is -16.7. The van der Waals surface area contributed by atoms with Gasteiger partial charge >= 0.3 is 0 Å². The smallest absolute Gasteiger partial charge is 0.164 e. The molecule has 0 unspecified atom stereocenters. The van der Waals surface area contributed by atoms with Gasteiger partial charge in [0, 0.05) is 66.8 Å². The van der Waals surface area contributed by atoms with E-state index in [1.807, 2.05) is 243 Å². The van der Waals surface area contributed by atoms with Crippen LogP contribution in [0.3, 0.4) is 0 Å². The van der Waals surface area contributed by atoms with Crippen LogP contribution in [-0.2, 0) is 0 Å². The van der Waals surface area contributed by atoms with Gasteiger partial charge in [-0.15, -0.1) is 0 Å². The number of aromatic nitrogens is 12. The van der Waals surface area contributed by atoms with Crippen LogP contribution >= 0.6 is 0 Å². The Morgan fingerprint density at radius 3 is 0.352 bits per heavy atom. The molecule has 0 N–H and O–H groups in total. The van der Waals surface area contributed by atoms with Gasteiger partial charge in [-0.25, -0.2) is 59.8 Å². The van der Waals surface area contributed by atoms with Crippen molar-refractivity contribution in [2.45, 2.75) is 0 Å². The minimum atomic E-state index is 0.578. The van der Waals surface area contributed by atoms with E-state index in [1.54, 1.807) is 0 Å². The molecule has 4 aromatic heterocycles. The van der Waals surface area contributed by atoms with Gasteiger partial charge in [0.1, 0.15) is 0 Å². The van der Waals surface area contributed by atoms with Crippen LogP contribution in [-0.4, -0.2) is 59.8 Å². The lowest BCUT2D eigenvalue weighted by atomic mass is 9.83. The molecule has 570 valence electrons. The number of nitrogens with zero attached hydrogens (tertiary/aromatic N) is 12. The van der Waals surface area contributed by atoms with E-state index in [-0.39, 0.29) is 0 Å². The average Bonchev–Trinajstić information content (AvgIpc) is 0.726. The van der Waals surface area contributed by atoms with Gasteiger partial charge in [-0.05, 0) is 125 Å². The van der Waals surface area contributed by atoms with Gasteiger partial charge in [0.2, 0.25) is 0 Å². The Morgan fingerprint density at radius 2 is 0.205 bits per heavy atom. The van der Waals surface area contributed by atoms with E-state index >= 15 is 0 Å². The first-order valence-corrected chi connectivity index (χ1v) is 40.6. The molecule has 0 radical (unpaired) electrons. The van der Waals surface area contributed by atoms with Crippen molar-refractivity contribution in [2.75, 3.05) is 0 Å². The van der Waals surface area contributed by atoms with Crippen LogP contribution in [0.2, 0.25) is 0 Å². The summed E-state index contributed by atoms with van der Waals surface area (Å²) < 4.78 is 0. The summed E-state index contributed by atoms with van der Waals surface area (Å²) in [5, 5.41) is 4.38. The molecule has 0 aliphatic rings. The van der Waals surface area contributed by atoms with E-state index in [2.05, 4.69) is 182 Å². The average molecular weight is 1560 g/mol. The van der Waals surface area contributed by atoms with Gasteiger partial charge in [0.15, 0.2) is 69.9 Å². The van der Waals surface area contributed by atoms with Gasteiger partial charge in [-0.1, -0.05) is 388 Å². The molecule has 0 fully saturated rings. The highest BCUT2D eigenvalue weighted by molar-refractivity contribution is 6.22. The fourth-order valence-electron chi connectivity index (χ4n) is 16.0. The van der Waals surface area contributed by atoms with Crippen molar-refractivity contribution in [2.24, 2.45) is 0 Å². The van der Waals surface area contributed by atoms with Crippen LogP contribution in [0.5, 0.6) is 0 Å². The van der Waals surface area contributed by atoms with E-state index in [0.717, 1.165) is 155 Å². The Labute approximate surface area is 704 Å². The highest BCUT2D eigenvalue weighted by Crippen LogP contribution is 2.48. The maximum Gasteiger partial charge on any atom is 0.164 e. The van der Waals surface area contributed by atoms with Crippen molar-refractivity contribution in [3.8, 4) is 203 Å². The maximum absolute atomic E-state index is 5.13. The summed E-state index contributed by atoms with van der Waals surface area (Å²) in [6.07, 6.45) is 0. The minimum absolute atomic E-state index is 0.578. The fourth-order valence-corrected chi connectivity index (χ4v) is 16.0. The third-order valence-electron chi connectivity index (χ3n) is 22.1. The number of rotatable bonds is 18. The molecule has 0 saturated carbocycles. The molecule has 12 heteroatoms. The Balaban J connectivity index is 0.722. The molecule has 0 saturated heterocycles. The van der Waals surface area contributed by atoms with Gasteiger partial charge in [-0.3, -0.25) is 0 Å². The molecule has 21 aromatic rings. The van der Waals surface area contributed by atoms with Crippen LogP contribution in [0, 0.1) is 0 Å². The van der Waals surface area contributed by atoms with E-state index in [9.17, 15) is 0 Å². The molecule has 0 amide bonds. The zero-order valence-electron chi connectivity index (χ0n) is 65.8. The van der Waals surface area contributed by atoms with E-state index in [0.29, 0.717) is 69.9 Å². The predicted molar refractivity (Wildman–Crippen MR) is 493 cm³/mol. The summed E-state index contributed by atoms with van der Waals surface area (Å²) in [7, 11) is 0. The highest BCUT2D eigenvalue weighted by Gasteiger charge is 2.24. The maximum atomic E-state index is 5.13. The number of fused-ring (bicyclic) bond motifs is 2. The quantitative estimate of drug-likeness (QED) is 0.0751. The summed E-state index contributed by atoms with van der Waals surface area (Å²) in [5.74, 6) is 7.11. The zero-order valence-corrected chi connectivity index (χ0v) is 65.8. The molecular formula is C110H70N12. The first-order chi connectivity index (χ1) is 60.4. The topological polar surface area (TPSA) is 155 Å². The fraction of sp³-hybridized carbons (Fsp3) is 0. The Morgan fingerprint density at radius 1 is 0.0902 bits per heavy atom. The standard InChI is InChI=1S/C110H70N12/c1-9-29-75(30-10-1)99-111-100(76-31-11-2-12-32-76)116-107(115-99)83-57-49-71(50-58-83)87-65-88(72-51-59-84(60-52-72)108-117-101(77-33-13-3-14-34-77)112-102(118-108)78-35-15-4-16-36-78)68-91(67-87)97-93-45-25-27-47-95(93)98(96-48-28-26-46-94(96)97)92-69-89(73-53-61-85(62-54-73)109-119-103(79-37-17-5-18-38-79)113-104(120-109)80-39-19-6-20-40-80)66-90(70-92)74-55-63-86(64-56-74)110-121-105(81-41-21-7-22-42-81)114-106(122-110)82-43-23-8-24-44-82/h1-70H. The number of hydrogen-bond donors (Lipinski definition) is 0. The van der Waals surface area contributed by atoms with Crippen molar-refractivity contribution in [1.29, 1.82) is 0 Å². The van der Waals surface area contributed by atoms with Crippen molar-refractivity contribution >= 4 is 21.5 Å². The molecule has 0 spiro atoms. The molecule has 0 atom stereocenters. The van der Waals surface area contributed by atoms with Crippen LogP contribution in [0.1, 0.15) is 0 Å². The van der Waals surface area contributed by atoms with Crippen molar-refractivity contribution < 1.29 is 0 Å². The first-order valence-electron chi connectivity index (χ1n) is 40.6. The molecule has 0 aliphatic carbocycles. The first kappa shape index (κ1) is 73.0. The SMILES string of the molecule is c1ccc(-c2nc(-c3ccccc3)nc(-c3ccc(-c4cc(-c5ccc(-c6nc(-c7ccccc7)nc(-c7ccccc7)n6)cc5)cc(-c5c6ccccc6c(-c6cc(-c7ccc(-c8nc(-c9ccccc9)nc(-c9ccccc9)n8)cc7)cc(-c7ccc(-c8nc(-c9ccccc9)nc(-c9ccccc9)n8)cc7)c6)c6ccccc56)c4)cc3)n2)cc1. The van der Waals surface area contributed by atoms with Crippen LogP contribution in [0.15, 0.2) is 425 Å². The summed E-state index contributed by atoms with van der Waals surface area (Å²) >= 11 is 0. The van der Waals surface area contributed by atoms with E-state index in [1.165, 1.54) is 0 Å². The monoisotopic (exact) mass is 1560 g/mol. The van der Waals surface area contributed by atoms with Crippen LogP contribution in [0.25, 0.3) is 225 Å².